The maximum Gasteiger partial charge on any atom is 0.122 e. The molecule has 1 aromatic rings. The Morgan fingerprint density at radius 2 is 2.43 bits per heavy atom. The number of hydrogen-bond donors (Lipinski definition) is 1. The molecule has 0 saturated heterocycles. The van der Waals surface area contributed by atoms with Gasteiger partial charge >= 0.3 is 0 Å². The van der Waals surface area contributed by atoms with Crippen molar-refractivity contribution in [3.63, 3.8) is 0 Å². The summed E-state index contributed by atoms with van der Waals surface area (Å²) in [5, 5.41) is 3.35. The first-order valence-corrected chi connectivity index (χ1v) is 4.90. The molecular formula is C10H19N3O. The summed E-state index contributed by atoms with van der Waals surface area (Å²) in [4.78, 5) is 4.23. The predicted octanol–water partition coefficient (Wildman–Crippen LogP) is 0.792. The van der Waals surface area contributed by atoms with Crippen molar-refractivity contribution < 1.29 is 4.74 Å². The summed E-state index contributed by atoms with van der Waals surface area (Å²) in [7, 11) is 3.73. The number of hydrogen-bond acceptors (Lipinski definition) is 3. The summed E-state index contributed by atoms with van der Waals surface area (Å²) < 4.78 is 7.08. The van der Waals surface area contributed by atoms with Gasteiger partial charge in [-0.25, -0.2) is 4.98 Å². The van der Waals surface area contributed by atoms with Gasteiger partial charge in [0, 0.05) is 39.7 Å². The fourth-order valence-corrected chi connectivity index (χ4v) is 1.34. The van der Waals surface area contributed by atoms with E-state index in [1.54, 1.807) is 7.11 Å². The van der Waals surface area contributed by atoms with Crippen molar-refractivity contribution in [2.45, 2.75) is 13.5 Å². The SMILES string of the molecule is COCC(C)CNCc1nccn1C. The minimum absolute atomic E-state index is 0.542. The van der Waals surface area contributed by atoms with Crippen LogP contribution in [0.15, 0.2) is 12.4 Å². The van der Waals surface area contributed by atoms with Crippen molar-refractivity contribution >= 4 is 0 Å². The standard InChI is InChI=1S/C10H19N3O/c1-9(8-14-3)6-11-7-10-12-4-5-13(10)2/h4-5,9,11H,6-8H2,1-3H3. The topological polar surface area (TPSA) is 39.1 Å². The molecule has 1 rings (SSSR count). The Hall–Kier alpha value is -0.870. The number of ether oxygens (including phenoxy) is 1. The van der Waals surface area contributed by atoms with E-state index in [2.05, 4.69) is 17.2 Å². The molecule has 4 heteroatoms. The third kappa shape index (κ3) is 3.47. The Labute approximate surface area is 85.3 Å². The number of nitrogens with one attached hydrogen (secondary N) is 1. The van der Waals surface area contributed by atoms with Gasteiger partial charge in [0.25, 0.3) is 0 Å². The highest BCUT2D eigenvalue weighted by molar-refractivity contribution is 4.90. The molecule has 0 radical (unpaired) electrons. The Kier molecular flexibility index (Phi) is 4.62. The lowest BCUT2D eigenvalue weighted by molar-refractivity contribution is 0.158. The van der Waals surface area contributed by atoms with Gasteiger partial charge in [-0.2, -0.15) is 0 Å². The minimum atomic E-state index is 0.542. The molecule has 4 nitrogen and oxygen atoms in total. The molecule has 0 aliphatic rings. The zero-order valence-corrected chi connectivity index (χ0v) is 9.16. The molecule has 1 atom stereocenters. The van der Waals surface area contributed by atoms with Crippen LogP contribution in [-0.2, 0) is 18.3 Å². The summed E-state index contributed by atoms with van der Waals surface area (Å²) in [5.41, 5.74) is 0. The first-order chi connectivity index (χ1) is 6.74. The summed E-state index contributed by atoms with van der Waals surface area (Å²) in [6.45, 7) is 4.74. The Balaban J connectivity index is 2.19. The van der Waals surface area contributed by atoms with E-state index < -0.39 is 0 Å². The van der Waals surface area contributed by atoms with Crippen LogP contribution in [0.2, 0.25) is 0 Å². The highest BCUT2D eigenvalue weighted by atomic mass is 16.5. The van der Waals surface area contributed by atoms with Crippen LogP contribution >= 0.6 is 0 Å². The molecule has 1 aromatic heterocycles. The van der Waals surface area contributed by atoms with Crippen LogP contribution < -0.4 is 5.32 Å². The van der Waals surface area contributed by atoms with Crippen LogP contribution in [0.5, 0.6) is 0 Å². The Morgan fingerprint density at radius 3 is 3.00 bits per heavy atom. The number of aromatic nitrogens is 2. The van der Waals surface area contributed by atoms with Gasteiger partial charge in [0.15, 0.2) is 0 Å². The van der Waals surface area contributed by atoms with Gasteiger partial charge in [0.1, 0.15) is 5.82 Å². The predicted molar refractivity (Wildman–Crippen MR) is 56.0 cm³/mol. The van der Waals surface area contributed by atoms with Crippen LogP contribution in [-0.4, -0.2) is 29.8 Å². The van der Waals surface area contributed by atoms with Crippen LogP contribution in [0.4, 0.5) is 0 Å². The Morgan fingerprint density at radius 1 is 1.64 bits per heavy atom. The summed E-state index contributed by atoms with van der Waals surface area (Å²) >= 11 is 0. The highest BCUT2D eigenvalue weighted by Crippen LogP contribution is 1.95. The average Bonchev–Trinajstić information content (AvgIpc) is 2.52. The Bertz CT molecular complexity index is 260. The number of rotatable bonds is 6. The zero-order valence-electron chi connectivity index (χ0n) is 9.16. The van der Waals surface area contributed by atoms with E-state index in [4.69, 9.17) is 4.74 Å². The summed E-state index contributed by atoms with van der Waals surface area (Å²) in [6, 6.07) is 0. The fourth-order valence-electron chi connectivity index (χ4n) is 1.34. The molecule has 1 heterocycles. The van der Waals surface area contributed by atoms with Gasteiger partial charge < -0.3 is 14.6 Å². The molecule has 1 unspecified atom stereocenters. The van der Waals surface area contributed by atoms with Gasteiger partial charge in [0.2, 0.25) is 0 Å². The van der Waals surface area contributed by atoms with E-state index in [0.717, 1.165) is 25.5 Å². The van der Waals surface area contributed by atoms with Gasteiger partial charge in [-0.3, -0.25) is 0 Å². The smallest absolute Gasteiger partial charge is 0.122 e. The van der Waals surface area contributed by atoms with Crippen LogP contribution in [0.25, 0.3) is 0 Å². The van der Waals surface area contributed by atoms with Gasteiger partial charge in [-0.15, -0.1) is 0 Å². The largest absolute Gasteiger partial charge is 0.384 e. The molecule has 0 aliphatic carbocycles. The summed E-state index contributed by atoms with van der Waals surface area (Å²) in [5.74, 6) is 1.61. The molecule has 0 aromatic carbocycles. The quantitative estimate of drug-likeness (QED) is 0.733. The molecule has 1 N–H and O–H groups in total. The number of methoxy groups -OCH3 is 1. The lowest BCUT2D eigenvalue weighted by atomic mass is 10.2. The maximum atomic E-state index is 5.05. The van der Waals surface area contributed by atoms with Crippen molar-refractivity contribution in [1.82, 2.24) is 14.9 Å². The molecular weight excluding hydrogens is 178 g/mol. The van der Waals surface area contributed by atoms with Gasteiger partial charge in [-0.1, -0.05) is 6.92 Å². The van der Waals surface area contributed by atoms with Crippen molar-refractivity contribution in [2.24, 2.45) is 13.0 Å². The lowest BCUT2D eigenvalue weighted by Crippen LogP contribution is -2.24. The first-order valence-electron chi connectivity index (χ1n) is 4.90. The molecule has 0 spiro atoms. The fraction of sp³-hybridized carbons (Fsp3) is 0.700. The zero-order chi connectivity index (χ0) is 10.4. The molecule has 0 bridgehead atoms. The van der Waals surface area contributed by atoms with Crippen molar-refractivity contribution in [3.8, 4) is 0 Å². The highest BCUT2D eigenvalue weighted by Gasteiger charge is 2.02. The lowest BCUT2D eigenvalue weighted by Gasteiger charge is -2.11. The number of nitrogens with zero attached hydrogens (tertiary/aromatic N) is 2. The molecule has 14 heavy (non-hydrogen) atoms. The van der Waals surface area contributed by atoms with Gasteiger partial charge in [0.05, 0.1) is 6.54 Å². The van der Waals surface area contributed by atoms with Gasteiger partial charge in [-0.05, 0) is 5.92 Å². The molecule has 0 aliphatic heterocycles. The molecule has 0 saturated carbocycles. The second kappa shape index (κ2) is 5.78. The average molecular weight is 197 g/mol. The van der Waals surface area contributed by atoms with Crippen molar-refractivity contribution in [3.05, 3.63) is 18.2 Å². The van der Waals surface area contributed by atoms with E-state index in [1.165, 1.54) is 0 Å². The van der Waals surface area contributed by atoms with E-state index in [1.807, 2.05) is 24.0 Å². The third-order valence-electron chi connectivity index (χ3n) is 2.15. The summed E-state index contributed by atoms with van der Waals surface area (Å²) in [6.07, 6.45) is 3.77. The maximum absolute atomic E-state index is 5.05. The minimum Gasteiger partial charge on any atom is -0.384 e. The third-order valence-corrected chi connectivity index (χ3v) is 2.15. The van der Waals surface area contributed by atoms with Crippen LogP contribution in [0.3, 0.4) is 0 Å². The van der Waals surface area contributed by atoms with Crippen molar-refractivity contribution in [2.75, 3.05) is 20.3 Å². The first kappa shape index (κ1) is 11.2. The van der Waals surface area contributed by atoms with E-state index in [0.29, 0.717) is 5.92 Å². The second-order valence-corrected chi connectivity index (χ2v) is 3.65. The molecule has 0 amide bonds. The number of aryl methyl sites for hydroxylation is 1. The van der Waals surface area contributed by atoms with E-state index in [-0.39, 0.29) is 0 Å². The second-order valence-electron chi connectivity index (χ2n) is 3.65. The number of imidazole rings is 1. The normalized spacial score (nSPS) is 13.1. The van der Waals surface area contributed by atoms with Crippen molar-refractivity contribution in [1.29, 1.82) is 0 Å². The van der Waals surface area contributed by atoms with Crippen LogP contribution in [0.1, 0.15) is 12.7 Å². The van der Waals surface area contributed by atoms with E-state index in [9.17, 15) is 0 Å². The monoisotopic (exact) mass is 197 g/mol. The van der Waals surface area contributed by atoms with Crippen LogP contribution in [0, 0.1) is 5.92 Å². The van der Waals surface area contributed by atoms with E-state index >= 15 is 0 Å². The molecule has 0 fully saturated rings. The molecule has 80 valence electrons.